The number of amides is 1. The largest absolute Gasteiger partial charge is 0.373 e. The van der Waals surface area contributed by atoms with Gasteiger partial charge in [0.05, 0.1) is 12.2 Å². The second-order valence-electron chi connectivity index (χ2n) is 7.54. The van der Waals surface area contributed by atoms with Gasteiger partial charge in [-0.1, -0.05) is 18.2 Å². The Bertz CT molecular complexity index is 713. The van der Waals surface area contributed by atoms with Crippen molar-refractivity contribution >= 4 is 16.8 Å². The summed E-state index contributed by atoms with van der Waals surface area (Å²) in [4.78, 5) is 20.9. The maximum Gasteiger partial charge on any atom is 0.270 e. The second kappa shape index (κ2) is 6.81. The van der Waals surface area contributed by atoms with Crippen LogP contribution in [0, 0.1) is 0 Å². The fraction of sp³-hybridized carbons (Fsp3) is 0.550. The molecule has 1 aromatic carbocycles. The molecule has 1 N–H and O–H groups in total. The van der Waals surface area contributed by atoms with E-state index in [-0.39, 0.29) is 18.1 Å². The minimum atomic E-state index is 0.132. The van der Waals surface area contributed by atoms with Crippen LogP contribution in [0.3, 0.4) is 0 Å². The third kappa shape index (κ3) is 3.44. The lowest BCUT2D eigenvalue weighted by molar-refractivity contribution is -0.0715. The lowest BCUT2D eigenvalue weighted by Gasteiger charge is -2.38. The van der Waals surface area contributed by atoms with Gasteiger partial charge in [-0.25, -0.2) is 0 Å². The summed E-state index contributed by atoms with van der Waals surface area (Å²) in [7, 11) is 0. The van der Waals surface area contributed by atoms with Crippen molar-refractivity contribution < 1.29 is 9.53 Å². The van der Waals surface area contributed by atoms with Crippen LogP contribution in [0.1, 0.15) is 37.2 Å². The number of hydrogen-bond donors (Lipinski definition) is 1. The topological polar surface area (TPSA) is 48.6 Å². The average molecular weight is 341 g/mol. The molecule has 0 spiro atoms. The normalized spacial score (nSPS) is 27.9. The predicted molar refractivity (Wildman–Crippen MR) is 98.8 cm³/mol. The first-order valence-electron chi connectivity index (χ1n) is 9.36. The molecule has 2 aromatic rings. The molecular weight excluding hydrogens is 314 g/mol. The molecule has 134 valence electrons. The molecule has 2 saturated heterocycles. The Morgan fingerprint density at radius 3 is 2.76 bits per heavy atom. The minimum absolute atomic E-state index is 0.132. The number of aromatic nitrogens is 1. The van der Waals surface area contributed by atoms with Gasteiger partial charge in [-0.3, -0.25) is 9.69 Å². The van der Waals surface area contributed by atoms with E-state index in [1.54, 1.807) is 0 Å². The molecule has 1 amide bonds. The van der Waals surface area contributed by atoms with Gasteiger partial charge >= 0.3 is 0 Å². The standard InChI is InChI=1S/C20H27N3O2/c1-14-11-22(12-15(2)25-14)13-17-7-5-9-23(17)20(24)19-10-16-6-3-4-8-18(16)21-19/h3-4,6,8,10,14-15,17,21H,5,7,9,11-13H2,1-2H3/t14-,15-,17+/m1/s1. The van der Waals surface area contributed by atoms with Gasteiger partial charge in [-0.05, 0) is 38.8 Å². The predicted octanol–water partition coefficient (Wildman–Crippen LogP) is 2.88. The zero-order valence-electron chi connectivity index (χ0n) is 15.1. The number of rotatable bonds is 3. The molecule has 2 aliphatic heterocycles. The Kier molecular flexibility index (Phi) is 4.52. The molecule has 5 nitrogen and oxygen atoms in total. The van der Waals surface area contributed by atoms with Crippen molar-refractivity contribution in [3.05, 3.63) is 36.0 Å². The summed E-state index contributed by atoms with van der Waals surface area (Å²) in [5, 5.41) is 1.09. The monoisotopic (exact) mass is 341 g/mol. The molecule has 25 heavy (non-hydrogen) atoms. The molecule has 4 rings (SSSR count). The van der Waals surface area contributed by atoms with Crippen molar-refractivity contribution in [1.29, 1.82) is 0 Å². The Balaban J connectivity index is 1.48. The molecule has 2 fully saturated rings. The first-order chi connectivity index (χ1) is 12.1. The van der Waals surface area contributed by atoms with Crippen LogP contribution in [0.15, 0.2) is 30.3 Å². The Morgan fingerprint density at radius 1 is 1.24 bits per heavy atom. The van der Waals surface area contributed by atoms with Gasteiger partial charge < -0.3 is 14.6 Å². The van der Waals surface area contributed by atoms with E-state index < -0.39 is 0 Å². The van der Waals surface area contributed by atoms with Crippen molar-refractivity contribution in [3.63, 3.8) is 0 Å². The van der Waals surface area contributed by atoms with Crippen molar-refractivity contribution in [2.45, 2.75) is 44.9 Å². The quantitative estimate of drug-likeness (QED) is 0.934. The van der Waals surface area contributed by atoms with E-state index in [9.17, 15) is 4.79 Å². The number of morpholine rings is 1. The van der Waals surface area contributed by atoms with Crippen molar-refractivity contribution in [3.8, 4) is 0 Å². The van der Waals surface area contributed by atoms with Crippen LogP contribution in [0.2, 0.25) is 0 Å². The highest BCUT2D eigenvalue weighted by atomic mass is 16.5. The van der Waals surface area contributed by atoms with Gasteiger partial charge in [0.2, 0.25) is 0 Å². The molecule has 5 heteroatoms. The van der Waals surface area contributed by atoms with E-state index in [0.29, 0.717) is 11.7 Å². The molecule has 3 atom stereocenters. The first kappa shape index (κ1) is 16.6. The van der Waals surface area contributed by atoms with Crippen LogP contribution in [0.4, 0.5) is 0 Å². The number of benzene rings is 1. The lowest BCUT2D eigenvalue weighted by atomic mass is 10.1. The first-order valence-corrected chi connectivity index (χ1v) is 9.36. The van der Waals surface area contributed by atoms with E-state index in [1.807, 2.05) is 30.3 Å². The van der Waals surface area contributed by atoms with Gasteiger partial charge in [-0.2, -0.15) is 0 Å². The van der Waals surface area contributed by atoms with Crippen LogP contribution in [-0.4, -0.2) is 65.1 Å². The molecule has 0 aliphatic carbocycles. The maximum atomic E-state index is 13.0. The van der Waals surface area contributed by atoms with E-state index >= 15 is 0 Å². The number of ether oxygens (including phenoxy) is 1. The van der Waals surface area contributed by atoms with Crippen LogP contribution in [0.25, 0.3) is 10.9 Å². The Labute approximate surface area is 148 Å². The fourth-order valence-corrected chi connectivity index (χ4v) is 4.37. The summed E-state index contributed by atoms with van der Waals surface area (Å²) in [5.74, 6) is 0.132. The Hall–Kier alpha value is -1.85. The van der Waals surface area contributed by atoms with Gasteiger partial charge in [-0.15, -0.1) is 0 Å². The summed E-state index contributed by atoms with van der Waals surface area (Å²) in [6, 6.07) is 10.3. The van der Waals surface area contributed by atoms with Crippen LogP contribution in [-0.2, 0) is 4.74 Å². The third-order valence-electron chi connectivity index (χ3n) is 5.36. The van der Waals surface area contributed by atoms with Gasteiger partial charge in [0, 0.05) is 43.1 Å². The highest BCUT2D eigenvalue weighted by Gasteiger charge is 2.33. The van der Waals surface area contributed by atoms with Crippen molar-refractivity contribution in [2.75, 3.05) is 26.2 Å². The number of para-hydroxylation sites is 1. The number of likely N-dealkylation sites (tertiary alicyclic amines) is 1. The highest BCUT2D eigenvalue weighted by molar-refractivity contribution is 5.98. The Morgan fingerprint density at radius 2 is 2.00 bits per heavy atom. The third-order valence-corrected chi connectivity index (χ3v) is 5.36. The van der Waals surface area contributed by atoms with E-state index in [0.717, 1.165) is 49.9 Å². The SMILES string of the molecule is C[C@@H]1CN(C[C@@H]2CCCN2C(=O)c2cc3ccccc3[nH]2)C[C@@H](C)O1. The molecule has 0 bridgehead atoms. The number of carbonyl (C=O) groups is 1. The van der Waals surface area contributed by atoms with Crippen LogP contribution < -0.4 is 0 Å². The second-order valence-corrected chi connectivity index (χ2v) is 7.54. The lowest BCUT2D eigenvalue weighted by Crippen LogP contribution is -2.51. The fourth-order valence-electron chi connectivity index (χ4n) is 4.37. The summed E-state index contributed by atoms with van der Waals surface area (Å²) in [5.41, 5.74) is 1.73. The van der Waals surface area contributed by atoms with E-state index in [1.165, 1.54) is 0 Å². The smallest absolute Gasteiger partial charge is 0.270 e. The molecule has 3 heterocycles. The number of hydrogen-bond acceptors (Lipinski definition) is 3. The van der Waals surface area contributed by atoms with Crippen molar-refractivity contribution in [1.82, 2.24) is 14.8 Å². The molecule has 2 aliphatic rings. The van der Waals surface area contributed by atoms with Gasteiger partial charge in [0.25, 0.3) is 5.91 Å². The van der Waals surface area contributed by atoms with E-state index in [2.05, 4.69) is 28.6 Å². The summed E-state index contributed by atoms with van der Waals surface area (Å²) >= 11 is 0. The van der Waals surface area contributed by atoms with Crippen LogP contribution >= 0.6 is 0 Å². The molecular formula is C20H27N3O2. The summed E-state index contributed by atoms with van der Waals surface area (Å²) in [6.45, 7) is 7.97. The van der Waals surface area contributed by atoms with Gasteiger partial charge in [0.1, 0.15) is 5.69 Å². The number of carbonyl (C=O) groups excluding carboxylic acids is 1. The maximum absolute atomic E-state index is 13.0. The molecule has 0 radical (unpaired) electrons. The molecule has 0 unspecified atom stereocenters. The molecule has 1 aromatic heterocycles. The highest BCUT2D eigenvalue weighted by Crippen LogP contribution is 2.24. The number of nitrogens with zero attached hydrogens (tertiary/aromatic N) is 2. The number of fused-ring (bicyclic) bond motifs is 1. The number of H-pyrrole nitrogens is 1. The number of aromatic amines is 1. The van der Waals surface area contributed by atoms with E-state index in [4.69, 9.17) is 4.74 Å². The van der Waals surface area contributed by atoms with Crippen molar-refractivity contribution in [2.24, 2.45) is 0 Å². The summed E-state index contributed by atoms with van der Waals surface area (Å²) < 4.78 is 5.83. The van der Waals surface area contributed by atoms with Crippen LogP contribution in [0.5, 0.6) is 0 Å². The average Bonchev–Trinajstić information content (AvgIpc) is 3.19. The number of nitrogens with one attached hydrogen (secondary N) is 1. The zero-order chi connectivity index (χ0) is 17.4. The van der Waals surface area contributed by atoms with Gasteiger partial charge in [0.15, 0.2) is 0 Å². The zero-order valence-corrected chi connectivity index (χ0v) is 15.1. The molecule has 0 saturated carbocycles. The minimum Gasteiger partial charge on any atom is -0.373 e. The summed E-state index contributed by atoms with van der Waals surface area (Å²) in [6.07, 6.45) is 2.71.